The third-order valence-electron chi connectivity index (χ3n) is 2.37. The Kier molecular flexibility index (Phi) is 5.83. The first kappa shape index (κ1) is 11.7. The van der Waals surface area contributed by atoms with Crippen molar-refractivity contribution in [2.75, 3.05) is 26.4 Å². The molecule has 0 bridgehead atoms. The second-order valence-electron chi connectivity index (χ2n) is 3.57. The topological polar surface area (TPSA) is 30.5 Å². The second-order valence-corrected chi connectivity index (χ2v) is 3.57. The van der Waals surface area contributed by atoms with Crippen LogP contribution < -0.4 is 5.32 Å². The summed E-state index contributed by atoms with van der Waals surface area (Å²) in [6, 6.07) is 0.354. The van der Waals surface area contributed by atoms with E-state index >= 15 is 0 Å². The zero-order chi connectivity index (χ0) is 10.2. The summed E-state index contributed by atoms with van der Waals surface area (Å²) in [7, 11) is 0. The molecule has 1 N–H and O–H groups in total. The Balaban J connectivity index is 2.34. The SMILES string of the molecule is C=CCC(NCCC)C1COCCO1. The molecule has 1 rings (SSSR count). The molecule has 0 aromatic carbocycles. The molecule has 3 nitrogen and oxygen atoms in total. The van der Waals surface area contributed by atoms with Crippen LogP contribution in [0, 0.1) is 0 Å². The number of rotatable bonds is 6. The van der Waals surface area contributed by atoms with Gasteiger partial charge in [-0.25, -0.2) is 0 Å². The number of nitrogens with one attached hydrogen (secondary N) is 1. The lowest BCUT2D eigenvalue weighted by atomic mass is 10.1. The Morgan fingerprint density at radius 3 is 3.00 bits per heavy atom. The van der Waals surface area contributed by atoms with Crippen LogP contribution in [-0.2, 0) is 9.47 Å². The highest BCUT2D eigenvalue weighted by molar-refractivity contribution is 4.85. The predicted molar refractivity (Wildman–Crippen MR) is 57.5 cm³/mol. The van der Waals surface area contributed by atoms with Crippen molar-refractivity contribution in [3.05, 3.63) is 12.7 Å². The fourth-order valence-corrected chi connectivity index (χ4v) is 1.61. The smallest absolute Gasteiger partial charge is 0.0965 e. The average molecular weight is 199 g/mol. The van der Waals surface area contributed by atoms with Gasteiger partial charge >= 0.3 is 0 Å². The summed E-state index contributed by atoms with van der Waals surface area (Å²) in [6.45, 7) is 9.10. The first-order valence-corrected chi connectivity index (χ1v) is 5.42. The van der Waals surface area contributed by atoms with Crippen LogP contribution in [0.25, 0.3) is 0 Å². The summed E-state index contributed by atoms with van der Waals surface area (Å²) in [5.41, 5.74) is 0. The number of hydrogen-bond acceptors (Lipinski definition) is 3. The molecule has 0 amide bonds. The van der Waals surface area contributed by atoms with Crippen LogP contribution in [0.15, 0.2) is 12.7 Å². The molecule has 1 saturated heterocycles. The van der Waals surface area contributed by atoms with Crippen LogP contribution in [0.5, 0.6) is 0 Å². The van der Waals surface area contributed by atoms with Crippen molar-refractivity contribution >= 4 is 0 Å². The van der Waals surface area contributed by atoms with Crippen molar-refractivity contribution in [1.29, 1.82) is 0 Å². The third-order valence-corrected chi connectivity index (χ3v) is 2.37. The summed E-state index contributed by atoms with van der Waals surface area (Å²) in [5.74, 6) is 0. The molecule has 0 saturated carbocycles. The maximum absolute atomic E-state index is 5.65. The third kappa shape index (κ3) is 3.78. The van der Waals surface area contributed by atoms with Crippen LogP contribution in [-0.4, -0.2) is 38.5 Å². The molecule has 1 fully saturated rings. The lowest BCUT2D eigenvalue weighted by Gasteiger charge is -2.30. The zero-order valence-corrected chi connectivity index (χ0v) is 9.00. The van der Waals surface area contributed by atoms with Crippen molar-refractivity contribution in [1.82, 2.24) is 5.32 Å². The standard InChI is InChI=1S/C11H21NO2/c1-3-5-10(12-6-4-2)11-9-13-7-8-14-11/h3,10-12H,1,4-9H2,2H3. The predicted octanol–water partition coefficient (Wildman–Crippen LogP) is 1.35. The van der Waals surface area contributed by atoms with E-state index < -0.39 is 0 Å². The quantitative estimate of drug-likeness (QED) is 0.655. The molecule has 1 aliphatic rings. The second kappa shape index (κ2) is 6.98. The zero-order valence-electron chi connectivity index (χ0n) is 9.00. The van der Waals surface area contributed by atoms with Gasteiger partial charge in [-0.2, -0.15) is 0 Å². The molecule has 0 aromatic heterocycles. The lowest BCUT2D eigenvalue weighted by molar-refractivity contribution is -0.101. The van der Waals surface area contributed by atoms with Crippen molar-refractivity contribution in [2.24, 2.45) is 0 Å². The maximum atomic E-state index is 5.65. The summed E-state index contributed by atoms with van der Waals surface area (Å²) < 4.78 is 11.0. The lowest BCUT2D eigenvalue weighted by Crippen LogP contribution is -2.46. The molecule has 0 aliphatic carbocycles. The summed E-state index contributed by atoms with van der Waals surface area (Å²) in [4.78, 5) is 0. The molecule has 0 spiro atoms. The van der Waals surface area contributed by atoms with E-state index in [-0.39, 0.29) is 6.10 Å². The van der Waals surface area contributed by atoms with Gasteiger partial charge in [0.2, 0.25) is 0 Å². The normalized spacial score (nSPS) is 24.5. The van der Waals surface area contributed by atoms with Crippen LogP contribution in [0.4, 0.5) is 0 Å². The van der Waals surface area contributed by atoms with E-state index in [0.717, 1.165) is 26.0 Å². The molecule has 14 heavy (non-hydrogen) atoms. The minimum Gasteiger partial charge on any atom is -0.376 e. The molecule has 2 unspecified atom stereocenters. The van der Waals surface area contributed by atoms with Crippen molar-refractivity contribution < 1.29 is 9.47 Å². The van der Waals surface area contributed by atoms with Crippen LogP contribution in [0.3, 0.4) is 0 Å². The van der Waals surface area contributed by atoms with Crippen LogP contribution in [0.2, 0.25) is 0 Å². The Hall–Kier alpha value is -0.380. The molecule has 0 aromatic rings. The van der Waals surface area contributed by atoms with E-state index in [1.54, 1.807) is 0 Å². The molecule has 2 atom stereocenters. The minimum atomic E-state index is 0.188. The van der Waals surface area contributed by atoms with Gasteiger partial charge in [0.1, 0.15) is 0 Å². The highest BCUT2D eigenvalue weighted by Gasteiger charge is 2.23. The van der Waals surface area contributed by atoms with E-state index in [0.29, 0.717) is 19.3 Å². The van der Waals surface area contributed by atoms with Gasteiger partial charge in [-0.1, -0.05) is 13.0 Å². The molecular weight excluding hydrogens is 178 g/mol. The van der Waals surface area contributed by atoms with Crippen LogP contribution in [0.1, 0.15) is 19.8 Å². The van der Waals surface area contributed by atoms with Crippen molar-refractivity contribution in [3.63, 3.8) is 0 Å². The maximum Gasteiger partial charge on any atom is 0.0965 e. The average Bonchev–Trinajstić information content (AvgIpc) is 2.25. The van der Waals surface area contributed by atoms with Gasteiger partial charge in [0.15, 0.2) is 0 Å². The van der Waals surface area contributed by atoms with Gasteiger partial charge in [0.25, 0.3) is 0 Å². The molecule has 82 valence electrons. The summed E-state index contributed by atoms with van der Waals surface area (Å²) in [6.07, 6.45) is 4.20. The highest BCUT2D eigenvalue weighted by Crippen LogP contribution is 2.09. The van der Waals surface area contributed by atoms with E-state index in [9.17, 15) is 0 Å². The molecule has 1 aliphatic heterocycles. The minimum absolute atomic E-state index is 0.188. The van der Waals surface area contributed by atoms with E-state index in [1.807, 2.05) is 6.08 Å². The summed E-state index contributed by atoms with van der Waals surface area (Å²) >= 11 is 0. The van der Waals surface area contributed by atoms with Gasteiger partial charge in [-0.15, -0.1) is 6.58 Å². The van der Waals surface area contributed by atoms with Gasteiger partial charge in [-0.3, -0.25) is 0 Å². The van der Waals surface area contributed by atoms with E-state index in [4.69, 9.17) is 9.47 Å². The Morgan fingerprint density at radius 1 is 1.57 bits per heavy atom. The van der Waals surface area contributed by atoms with Gasteiger partial charge in [0.05, 0.1) is 25.9 Å². The molecule has 1 heterocycles. The first-order chi connectivity index (χ1) is 6.88. The molecular formula is C11H21NO2. The first-order valence-electron chi connectivity index (χ1n) is 5.42. The number of ether oxygens (including phenoxy) is 2. The fourth-order valence-electron chi connectivity index (χ4n) is 1.61. The summed E-state index contributed by atoms with van der Waals surface area (Å²) in [5, 5.41) is 3.46. The largest absolute Gasteiger partial charge is 0.376 e. The molecule has 0 radical (unpaired) electrons. The Bertz CT molecular complexity index is 155. The number of hydrogen-bond donors (Lipinski definition) is 1. The fraction of sp³-hybridized carbons (Fsp3) is 0.818. The van der Waals surface area contributed by atoms with Gasteiger partial charge < -0.3 is 14.8 Å². The van der Waals surface area contributed by atoms with Gasteiger partial charge in [-0.05, 0) is 19.4 Å². The monoisotopic (exact) mass is 199 g/mol. The van der Waals surface area contributed by atoms with Gasteiger partial charge in [0, 0.05) is 6.04 Å². The van der Waals surface area contributed by atoms with Crippen LogP contribution >= 0.6 is 0 Å². The Labute approximate surface area is 86.5 Å². The van der Waals surface area contributed by atoms with Crippen molar-refractivity contribution in [3.8, 4) is 0 Å². The van der Waals surface area contributed by atoms with E-state index in [2.05, 4.69) is 18.8 Å². The van der Waals surface area contributed by atoms with E-state index in [1.165, 1.54) is 0 Å². The molecule has 3 heteroatoms. The highest BCUT2D eigenvalue weighted by atomic mass is 16.6. The Morgan fingerprint density at radius 2 is 2.43 bits per heavy atom. The van der Waals surface area contributed by atoms with Crippen molar-refractivity contribution in [2.45, 2.75) is 31.9 Å².